The fourth-order valence-corrected chi connectivity index (χ4v) is 4.04. The standard InChI is InChI=1S/C18H31O3P/c1-4-6-7-11-15-20-22(19,18-13-9-8-10-14-18)21-16-17(3)12-5-2/h8-10,13-14,17H,4-7,11-12,15-16H2,1-3H3. The lowest BCUT2D eigenvalue weighted by molar-refractivity contribution is 0.185. The summed E-state index contributed by atoms with van der Waals surface area (Å²) in [6, 6.07) is 9.33. The van der Waals surface area contributed by atoms with E-state index in [1.54, 1.807) is 0 Å². The van der Waals surface area contributed by atoms with E-state index < -0.39 is 7.60 Å². The molecule has 0 saturated heterocycles. The molecular weight excluding hydrogens is 295 g/mol. The van der Waals surface area contributed by atoms with Crippen molar-refractivity contribution < 1.29 is 13.6 Å². The first-order chi connectivity index (χ1) is 10.6. The van der Waals surface area contributed by atoms with E-state index in [9.17, 15) is 4.57 Å². The van der Waals surface area contributed by atoms with Crippen LogP contribution in [0.15, 0.2) is 30.3 Å². The molecule has 1 aromatic carbocycles. The Morgan fingerprint density at radius 3 is 2.36 bits per heavy atom. The van der Waals surface area contributed by atoms with Crippen LogP contribution in [-0.2, 0) is 13.6 Å². The highest BCUT2D eigenvalue weighted by Crippen LogP contribution is 2.47. The van der Waals surface area contributed by atoms with Crippen LogP contribution in [0.5, 0.6) is 0 Å². The number of benzene rings is 1. The Balaban J connectivity index is 2.62. The number of unbranched alkanes of at least 4 members (excludes halogenated alkanes) is 3. The molecule has 0 N–H and O–H groups in total. The lowest BCUT2D eigenvalue weighted by atomic mass is 10.1. The summed E-state index contributed by atoms with van der Waals surface area (Å²) in [6.45, 7) is 7.43. The van der Waals surface area contributed by atoms with E-state index in [1.807, 2.05) is 30.3 Å². The van der Waals surface area contributed by atoms with E-state index in [2.05, 4.69) is 20.8 Å². The van der Waals surface area contributed by atoms with Gasteiger partial charge in [-0.3, -0.25) is 4.57 Å². The summed E-state index contributed by atoms with van der Waals surface area (Å²) < 4.78 is 24.6. The van der Waals surface area contributed by atoms with Crippen LogP contribution in [0.1, 0.15) is 59.3 Å². The monoisotopic (exact) mass is 326 g/mol. The average molecular weight is 326 g/mol. The first kappa shape index (κ1) is 19.4. The van der Waals surface area contributed by atoms with Crippen molar-refractivity contribution in [1.29, 1.82) is 0 Å². The van der Waals surface area contributed by atoms with E-state index in [-0.39, 0.29) is 0 Å². The Kier molecular flexibility index (Phi) is 9.70. The average Bonchev–Trinajstić information content (AvgIpc) is 2.54. The number of hydrogen-bond donors (Lipinski definition) is 0. The molecule has 0 aliphatic rings. The second kappa shape index (κ2) is 11.0. The highest BCUT2D eigenvalue weighted by molar-refractivity contribution is 7.62. The molecule has 0 aliphatic heterocycles. The molecule has 0 radical (unpaired) electrons. The van der Waals surface area contributed by atoms with Crippen LogP contribution < -0.4 is 5.30 Å². The van der Waals surface area contributed by atoms with Crippen molar-refractivity contribution in [2.75, 3.05) is 13.2 Å². The van der Waals surface area contributed by atoms with Gasteiger partial charge in [0, 0.05) is 0 Å². The molecule has 1 aromatic rings. The van der Waals surface area contributed by atoms with E-state index in [1.165, 1.54) is 12.8 Å². The highest BCUT2D eigenvalue weighted by atomic mass is 31.2. The third-order valence-electron chi connectivity index (χ3n) is 3.64. The smallest absolute Gasteiger partial charge is 0.305 e. The summed E-state index contributed by atoms with van der Waals surface area (Å²) in [5.41, 5.74) is 0. The lowest BCUT2D eigenvalue weighted by Gasteiger charge is -2.21. The van der Waals surface area contributed by atoms with Crippen molar-refractivity contribution in [3.05, 3.63) is 30.3 Å². The first-order valence-electron chi connectivity index (χ1n) is 8.57. The zero-order chi connectivity index (χ0) is 16.3. The maximum atomic E-state index is 13.1. The minimum absolute atomic E-state index is 0.394. The quantitative estimate of drug-likeness (QED) is 0.373. The molecule has 0 aliphatic carbocycles. The van der Waals surface area contributed by atoms with Crippen LogP contribution >= 0.6 is 7.60 Å². The zero-order valence-corrected chi connectivity index (χ0v) is 15.2. The third kappa shape index (κ3) is 7.09. The zero-order valence-electron chi connectivity index (χ0n) is 14.3. The summed E-state index contributed by atoms with van der Waals surface area (Å²) in [5, 5.41) is 0.661. The molecule has 4 heteroatoms. The number of hydrogen-bond acceptors (Lipinski definition) is 3. The van der Waals surface area contributed by atoms with Crippen LogP contribution in [0.25, 0.3) is 0 Å². The Labute approximate surface area is 136 Å². The summed E-state index contributed by atoms with van der Waals surface area (Å²) >= 11 is 0. The van der Waals surface area contributed by atoms with Crippen molar-refractivity contribution in [2.45, 2.75) is 59.3 Å². The molecule has 2 atom stereocenters. The fraction of sp³-hybridized carbons (Fsp3) is 0.667. The maximum Gasteiger partial charge on any atom is 0.361 e. The van der Waals surface area contributed by atoms with Gasteiger partial charge in [-0.15, -0.1) is 0 Å². The molecule has 0 aromatic heterocycles. The second-order valence-corrected chi connectivity index (χ2v) is 7.94. The first-order valence-corrected chi connectivity index (χ1v) is 10.1. The van der Waals surface area contributed by atoms with Gasteiger partial charge in [0.25, 0.3) is 0 Å². The minimum Gasteiger partial charge on any atom is -0.305 e. The van der Waals surface area contributed by atoms with Crippen LogP contribution in [-0.4, -0.2) is 13.2 Å². The SMILES string of the molecule is CCCCCCOP(=O)(OCC(C)CCC)c1ccccc1. The predicted octanol–water partition coefficient (Wildman–Crippen LogP) is 5.55. The molecule has 126 valence electrons. The van der Waals surface area contributed by atoms with Gasteiger partial charge < -0.3 is 9.05 Å². The van der Waals surface area contributed by atoms with Gasteiger partial charge in [0.1, 0.15) is 0 Å². The predicted molar refractivity (Wildman–Crippen MR) is 93.8 cm³/mol. The Morgan fingerprint density at radius 1 is 1.00 bits per heavy atom. The molecular formula is C18H31O3P. The molecule has 0 saturated carbocycles. The third-order valence-corrected chi connectivity index (χ3v) is 5.58. The largest absolute Gasteiger partial charge is 0.361 e. The van der Waals surface area contributed by atoms with Gasteiger partial charge in [-0.05, 0) is 30.9 Å². The summed E-state index contributed by atoms with van der Waals surface area (Å²) in [4.78, 5) is 0. The van der Waals surface area contributed by atoms with Crippen molar-refractivity contribution >= 4 is 12.9 Å². The van der Waals surface area contributed by atoms with Gasteiger partial charge in [0.05, 0.1) is 18.5 Å². The van der Waals surface area contributed by atoms with E-state index >= 15 is 0 Å². The van der Waals surface area contributed by atoms with Gasteiger partial charge in [-0.1, -0.05) is 64.7 Å². The Bertz CT molecular complexity index is 433. The Hall–Kier alpha value is -0.630. The molecule has 22 heavy (non-hydrogen) atoms. The summed E-state index contributed by atoms with van der Waals surface area (Å²) in [6.07, 6.45) is 6.59. The number of rotatable bonds is 12. The lowest BCUT2D eigenvalue weighted by Crippen LogP contribution is -2.14. The van der Waals surface area contributed by atoms with Gasteiger partial charge in [-0.2, -0.15) is 0 Å². The second-order valence-electron chi connectivity index (χ2n) is 5.92. The van der Waals surface area contributed by atoms with E-state index in [0.717, 1.165) is 25.7 Å². The van der Waals surface area contributed by atoms with Gasteiger partial charge in [-0.25, -0.2) is 0 Å². The van der Waals surface area contributed by atoms with Crippen LogP contribution in [0.2, 0.25) is 0 Å². The normalized spacial score (nSPS) is 15.4. The summed E-state index contributed by atoms with van der Waals surface area (Å²) in [7, 11) is -3.20. The van der Waals surface area contributed by atoms with E-state index in [0.29, 0.717) is 24.4 Å². The fourth-order valence-electron chi connectivity index (χ4n) is 2.31. The summed E-state index contributed by atoms with van der Waals surface area (Å²) in [5.74, 6) is 0.394. The van der Waals surface area contributed by atoms with Gasteiger partial charge in [0.15, 0.2) is 0 Å². The van der Waals surface area contributed by atoms with Crippen LogP contribution in [0, 0.1) is 5.92 Å². The Morgan fingerprint density at radius 2 is 1.73 bits per heavy atom. The van der Waals surface area contributed by atoms with Crippen molar-refractivity contribution in [3.63, 3.8) is 0 Å². The molecule has 0 heterocycles. The van der Waals surface area contributed by atoms with Crippen molar-refractivity contribution in [3.8, 4) is 0 Å². The molecule has 2 unspecified atom stereocenters. The van der Waals surface area contributed by atoms with Gasteiger partial charge in [0.2, 0.25) is 0 Å². The molecule has 3 nitrogen and oxygen atoms in total. The maximum absolute atomic E-state index is 13.1. The molecule has 0 fully saturated rings. The van der Waals surface area contributed by atoms with Crippen molar-refractivity contribution in [2.24, 2.45) is 5.92 Å². The molecule has 0 amide bonds. The topological polar surface area (TPSA) is 35.5 Å². The molecule has 1 rings (SSSR count). The molecule has 0 bridgehead atoms. The van der Waals surface area contributed by atoms with Crippen LogP contribution in [0.4, 0.5) is 0 Å². The van der Waals surface area contributed by atoms with Crippen molar-refractivity contribution in [1.82, 2.24) is 0 Å². The molecule has 0 spiro atoms. The minimum atomic E-state index is -3.20. The van der Waals surface area contributed by atoms with Gasteiger partial charge >= 0.3 is 7.60 Å². The highest BCUT2D eigenvalue weighted by Gasteiger charge is 2.27. The van der Waals surface area contributed by atoms with E-state index in [4.69, 9.17) is 9.05 Å². The van der Waals surface area contributed by atoms with Crippen LogP contribution in [0.3, 0.4) is 0 Å².